The van der Waals surface area contributed by atoms with Crippen molar-refractivity contribution in [2.45, 2.75) is 25.3 Å². The molecule has 0 unspecified atom stereocenters. The van der Waals surface area contributed by atoms with Gasteiger partial charge in [0, 0.05) is 16.4 Å². The fraction of sp³-hybridized carbons (Fsp3) is 0.429. The van der Waals surface area contributed by atoms with Crippen molar-refractivity contribution >= 4 is 19.7 Å². The van der Waals surface area contributed by atoms with Gasteiger partial charge in [0.25, 0.3) is 9.05 Å². The molecule has 1 heterocycles. The molecule has 0 bridgehead atoms. The lowest BCUT2D eigenvalue weighted by Gasteiger charge is -2.00. The lowest BCUT2D eigenvalue weighted by atomic mass is 10.3. The zero-order valence-corrected chi connectivity index (χ0v) is 8.85. The molecule has 0 N–H and O–H groups in total. The second kappa shape index (κ2) is 3.59. The van der Waals surface area contributed by atoms with Gasteiger partial charge in [0.05, 0.1) is 0 Å². The Bertz CT molecular complexity index is 417. The third kappa shape index (κ3) is 2.63. The van der Waals surface area contributed by atoms with Gasteiger partial charge in [0.15, 0.2) is 5.03 Å². The molecule has 0 saturated carbocycles. The maximum absolute atomic E-state index is 10.9. The summed E-state index contributed by atoms with van der Waals surface area (Å²) in [5.74, 6) is 0.415. The molecule has 4 nitrogen and oxygen atoms in total. The lowest BCUT2D eigenvalue weighted by molar-refractivity contribution is 0.604. The van der Waals surface area contributed by atoms with Crippen molar-refractivity contribution in [2.75, 3.05) is 0 Å². The SMILES string of the molecule is CCc1cc(S(=O)(=O)Cl)nc(C)n1. The van der Waals surface area contributed by atoms with Crippen LogP contribution in [0.1, 0.15) is 18.4 Å². The topological polar surface area (TPSA) is 59.9 Å². The molecule has 0 aliphatic heterocycles. The lowest BCUT2D eigenvalue weighted by Crippen LogP contribution is -2.02. The van der Waals surface area contributed by atoms with Crippen LogP contribution in [0.2, 0.25) is 0 Å². The first kappa shape index (κ1) is 10.4. The quantitative estimate of drug-likeness (QED) is 0.557. The van der Waals surface area contributed by atoms with E-state index in [1.165, 1.54) is 6.07 Å². The third-order valence-electron chi connectivity index (χ3n) is 1.48. The molecule has 0 radical (unpaired) electrons. The second-order valence-corrected chi connectivity index (χ2v) is 5.05. The smallest absolute Gasteiger partial charge is 0.238 e. The van der Waals surface area contributed by atoms with E-state index in [1.54, 1.807) is 6.92 Å². The Hall–Kier alpha value is -0.680. The van der Waals surface area contributed by atoms with E-state index in [9.17, 15) is 8.42 Å². The summed E-state index contributed by atoms with van der Waals surface area (Å²) in [6, 6.07) is 1.38. The van der Waals surface area contributed by atoms with Gasteiger partial charge < -0.3 is 0 Å². The van der Waals surface area contributed by atoms with Crippen LogP contribution in [-0.2, 0) is 15.5 Å². The molecular formula is C7H9ClN2O2S. The van der Waals surface area contributed by atoms with Gasteiger partial charge in [-0.1, -0.05) is 6.92 Å². The molecule has 0 aromatic carbocycles. The van der Waals surface area contributed by atoms with Crippen molar-refractivity contribution in [1.82, 2.24) is 9.97 Å². The molecule has 6 heteroatoms. The second-order valence-electron chi connectivity index (χ2n) is 2.54. The molecule has 1 rings (SSSR count). The Labute approximate surface area is 81.4 Å². The fourth-order valence-electron chi connectivity index (χ4n) is 0.905. The Morgan fingerprint density at radius 3 is 2.54 bits per heavy atom. The molecule has 0 fully saturated rings. The van der Waals surface area contributed by atoms with Crippen molar-refractivity contribution in [3.05, 3.63) is 17.6 Å². The monoisotopic (exact) mass is 220 g/mol. The summed E-state index contributed by atoms with van der Waals surface area (Å²) >= 11 is 0. The van der Waals surface area contributed by atoms with Gasteiger partial charge in [-0.2, -0.15) is 0 Å². The van der Waals surface area contributed by atoms with E-state index in [4.69, 9.17) is 10.7 Å². The Kier molecular flexibility index (Phi) is 2.87. The molecule has 1 aromatic rings. The summed E-state index contributed by atoms with van der Waals surface area (Å²) in [7, 11) is 1.40. The highest BCUT2D eigenvalue weighted by molar-refractivity contribution is 8.13. The average Bonchev–Trinajstić information content (AvgIpc) is 2.01. The summed E-state index contributed by atoms with van der Waals surface area (Å²) in [5, 5.41) is -0.126. The highest BCUT2D eigenvalue weighted by Gasteiger charge is 2.13. The molecule has 0 atom stereocenters. The van der Waals surface area contributed by atoms with Crippen molar-refractivity contribution in [3.8, 4) is 0 Å². The minimum Gasteiger partial charge on any atom is -0.238 e. The van der Waals surface area contributed by atoms with Gasteiger partial charge in [-0.3, -0.25) is 0 Å². The van der Waals surface area contributed by atoms with E-state index < -0.39 is 9.05 Å². The van der Waals surface area contributed by atoms with Crippen LogP contribution in [-0.4, -0.2) is 18.4 Å². The van der Waals surface area contributed by atoms with Crippen LogP contribution in [0.3, 0.4) is 0 Å². The molecule has 0 amide bonds. The first-order valence-electron chi connectivity index (χ1n) is 3.72. The van der Waals surface area contributed by atoms with Crippen LogP contribution in [0.4, 0.5) is 0 Å². The normalized spacial score (nSPS) is 11.6. The zero-order chi connectivity index (χ0) is 10.1. The van der Waals surface area contributed by atoms with Crippen LogP contribution >= 0.6 is 10.7 Å². The van der Waals surface area contributed by atoms with Crippen LogP contribution in [0, 0.1) is 6.92 Å². The maximum Gasteiger partial charge on any atom is 0.278 e. The molecule has 13 heavy (non-hydrogen) atoms. The first-order valence-corrected chi connectivity index (χ1v) is 6.03. The van der Waals surface area contributed by atoms with E-state index in [-0.39, 0.29) is 5.03 Å². The fourth-order valence-corrected chi connectivity index (χ4v) is 1.66. The largest absolute Gasteiger partial charge is 0.278 e. The highest BCUT2D eigenvalue weighted by atomic mass is 35.7. The van der Waals surface area contributed by atoms with Gasteiger partial charge in [-0.25, -0.2) is 18.4 Å². The standard InChI is InChI=1S/C7H9ClN2O2S/c1-3-6-4-7(13(8,11)12)10-5(2)9-6/h4H,3H2,1-2H3. The van der Waals surface area contributed by atoms with E-state index in [2.05, 4.69) is 9.97 Å². The predicted octanol–water partition coefficient (Wildman–Crippen LogP) is 1.27. The van der Waals surface area contributed by atoms with Crippen LogP contribution < -0.4 is 0 Å². The number of nitrogens with zero attached hydrogens (tertiary/aromatic N) is 2. The summed E-state index contributed by atoms with van der Waals surface area (Å²) in [6.07, 6.45) is 0.656. The number of rotatable bonds is 2. The van der Waals surface area contributed by atoms with Crippen molar-refractivity contribution in [1.29, 1.82) is 0 Å². The molecule has 0 aliphatic carbocycles. The Morgan fingerprint density at radius 1 is 1.46 bits per heavy atom. The number of hydrogen-bond acceptors (Lipinski definition) is 4. The van der Waals surface area contributed by atoms with E-state index >= 15 is 0 Å². The molecule has 1 aromatic heterocycles. The molecule has 0 spiro atoms. The number of aromatic nitrogens is 2. The van der Waals surface area contributed by atoms with Gasteiger partial charge >= 0.3 is 0 Å². The minimum absolute atomic E-state index is 0.126. The number of halogens is 1. The molecular weight excluding hydrogens is 212 g/mol. The molecule has 0 saturated heterocycles. The summed E-state index contributed by atoms with van der Waals surface area (Å²) < 4.78 is 21.9. The van der Waals surface area contributed by atoms with Crippen molar-refractivity contribution in [3.63, 3.8) is 0 Å². The third-order valence-corrected chi connectivity index (χ3v) is 2.66. The van der Waals surface area contributed by atoms with E-state index in [0.717, 1.165) is 0 Å². The van der Waals surface area contributed by atoms with Crippen LogP contribution in [0.15, 0.2) is 11.1 Å². The van der Waals surface area contributed by atoms with Gasteiger partial charge in [0.1, 0.15) is 5.82 Å². The van der Waals surface area contributed by atoms with E-state index in [1.807, 2.05) is 6.92 Å². The maximum atomic E-state index is 10.9. The van der Waals surface area contributed by atoms with Gasteiger partial charge in [-0.15, -0.1) is 0 Å². The zero-order valence-electron chi connectivity index (χ0n) is 7.28. The average molecular weight is 221 g/mol. The van der Waals surface area contributed by atoms with Gasteiger partial charge in [0.2, 0.25) is 0 Å². The van der Waals surface area contributed by atoms with E-state index in [0.29, 0.717) is 17.9 Å². The predicted molar refractivity (Wildman–Crippen MR) is 49.2 cm³/mol. The minimum atomic E-state index is -3.74. The van der Waals surface area contributed by atoms with Crippen LogP contribution in [0.5, 0.6) is 0 Å². The first-order chi connectivity index (χ1) is 5.93. The molecule has 0 aliphatic rings. The Morgan fingerprint density at radius 2 is 2.08 bits per heavy atom. The molecule has 72 valence electrons. The number of hydrogen-bond donors (Lipinski definition) is 0. The summed E-state index contributed by atoms with van der Waals surface area (Å²) in [6.45, 7) is 3.51. The van der Waals surface area contributed by atoms with Gasteiger partial charge in [-0.05, 0) is 19.4 Å². The van der Waals surface area contributed by atoms with Crippen molar-refractivity contribution < 1.29 is 8.42 Å². The highest BCUT2D eigenvalue weighted by Crippen LogP contribution is 2.13. The van der Waals surface area contributed by atoms with Crippen LogP contribution in [0.25, 0.3) is 0 Å². The summed E-state index contributed by atoms with van der Waals surface area (Å²) in [5.41, 5.74) is 0.673. The summed E-state index contributed by atoms with van der Waals surface area (Å²) in [4.78, 5) is 7.75. The Balaban J connectivity index is 3.33. The number of aryl methyl sites for hydroxylation is 2. The van der Waals surface area contributed by atoms with Crippen molar-refractivity contribution in [2.24, 2.45) is 0 Å².